The van der Waals surface area contributed by atoms with E-state index in [0.717, 1.165) is 33.8 Å². The Morgan fingerprint density at radius 1 is 0.293 bits per heavy atom. The Hall–Kier alpha value is -7.68. The van der Waals surface area contributed by atoms with Crippen LogP contribution in [-0.4, -0.2) is 4.57 Å². The predicted octanol–water partition coefficient (Wildman–Crippen LogP) is 15.6. The van der Waals surface area contributed by atoms with Gasteiger partial charge in [-0.3, -0.25) is 0 Å². The molecular formula is C56H38N2. The molecule has 0 amide bonds. The monoisotopic (exact) mass is 738 g/mol. The quantitative estimate of drug-likeness (QED) is 0.158. The van der Waals surface area contributed by atoms with Crippen molar-refractivity contribution in [2.45, 2.75) is 0 Å². The summed E-state index contributed by atoms with van der Waals surface area (Å²) in [5, 5.41) is 7.28. The van der Waals surface area contributed by atoms with Crippen LogP contribution in [0.15, 0.2) is 231 Å². The van der Waals surface area contributed by atoms with Gasteiger partial charge in [-0.2, -0.15) is 0 Å². The zero-order chi connectivity index (χ0) is 38.4. The van der Waals surface area contributed by atoms with Crippen molar-refractivity contribution in [3.05, 3.63) is 231 Å². The summed E-state index contributed by atoms with van der Waals surface area (Å²) in [4.78, 5) is 2.46. The topological polar surface area (TPSA) is 8.17 Å². The van der Waals surface area contributed by atoms with Crippen molar-refractivity contribution in [3.8, 4) is 39.1 Å². The maximum Gasteiger partial charge on any atom is 0.0562 e. The first-order valence-electron chi connectivity index (χ1n) is 19.9. The van der Waals surface area contributed by atoms with Crippen LogP contribution in [0, 0.1) is 0 Å². The van der Waals surface area contributed by atoms with Crippen molar-refractivity contribution >= 4 is 60.4 Å². The first-order chi connectivity index (χ1) is 28.8. The van der Waals surface area contributed by atoms with Gasteiger partial charge in [0.15, 0.2) is 0 Å². The summed E-state index contributed by atoms with van der Waals surface area (Å²) >= 11 is 0. The zero-order valence-corrected chi connectivity index (χ0v) is 31.8. The van der Waals surface area contributed by atoms with E-state index in [1.165, 1.54) is 65.7 Å². The van der Waals surface area contributed by atoms with Gasteiger partial charge in [-0.25, -0.2) is 0 Å². The van der Waals surface area contributed by atoms with Crippen LogP contribution in [0.4, 0.5) is 17.1 Å². The Morgan fingerprint density at radius 3 is 1.62 bits per heavy atom. The van der Waals surface area contributed by atoms with Crippen molar-refractivity contribution < 1.29 is 0 Å². The van der Waals surface area contributed by atoms with E-state index in [4.69, 9.17) is 0 Å². The van der Waals surface area contributed by atoms with Crippen LogP contribution >= 0.6 is 0 Å². The normalized spacial score (nSPS) is 11.4. The van der Waals surface area contributed by atoms with Gasteiger partial charge in [0.1, 0.15) is 0 Å². The number of fused-ring (bicyclic) bond motifs is 5. The lowest BCUT2D eigenvalue weighted by atomic mass is 9.97. The maximum atomic E-state index is 2.48. The van der Waals surface area contributed by atoms with E-state index >= 15 is 0 Å². The molecule has 11 rings (SSSR count). The molecule has 0 N–H and O–H groups in total. The van der Waals surface area contributed by atoms with Crippen molar-refractivity contribution in [1.82, 2.24) is 4.57 Å². The Kier molecular flexibility index (Phi) is 8.19. The molecule has 0 saturated carbocycles. The van der Waals surface area contributed by atoms with Gasteiger partial charge in [0.05, 0.1) is 28.1 Å². The van der Waals surface area contributed by atoms with E-state index in [1.54, 1.807) is 0 Å². The molecule has 0 atom stereocenters. The molecule has 0 bridgehead atoms. The number of anilines is 3. The maximum absolute atomic E-state index is 2.48. The molecule has 2 heteroatoms. The Bertz CT molecular complexity index is 3260. The third-order valence-corrected chi connectivity index (χ3v) is 11.6. The summed E-state index contributed by atoms with van der Waals surface area (Å²) < 4.78 is 2.48. The lowest BCUT2D eigenvalue weighted by Gasteiger charge is -2.29. The average Bonchev–Trinajstić information content (AvgIpc) is 3.63. The van der Waals surface area contributed by atoms with Crippen LogP contribution in [0.3, 0.4) is 0 Å². The van der Waals surface area contributed by atoms with Gasteiger partial charge in [-0.05, 0) is 80.9 Å². The predicted molar refractivity (Wildman–Crippen MR) is 247 cm³/mol. The van der Waals surface area contributed by atoms with Gasteiger partial charge >= 0.3 is 0 Å². The van der Waals surface area contributed by atoms with E-state index in [2.05, 4.69) is 240 Å². The number of nitrogens with zero attached hydrogens (tertiary/aromatic N) is 2. The number of benzene rings is 10. The minimum atomic E-state index is 1.09. The molecule has 0 radical (unpaired) electrons. The molecule has 272 valence electrons. The molecule has 0 fully saturated rings. The fourth-order valence-electron chi connectivity index (χ4n) is 8.82. The zero-order valence-electron chi connectivity index (χ0n) is 31.8. The molecule has 11 aromatic rings. The van der Waals surface area contributed by atoms with Gasteiger partial charge in [0, 0.05) is 33.0 Å². The summed E-state index contributed by atoms with van der Waals surface area (Å²) in [5.74, 6) is 0. The van der Waals surface area contributed by atoms with Crippen molar-refractivity contribution in [3.63, 3.8) is 0 Å². The van der Waals surface area contributed by atoms with Crippen LogP contribution in [0.25, 0.3) is 82.4 Å². The van der Waals surface area contributed by atoms with E-state index in [0.29, 0.717) is 0 Å². The fraction of sp³-hybridized carbons (Fsp3) is 0. The summed E-state index contributed by atoms with van der Waals surface area (Å²) in [6, 6.07) is 83.8. The number of rotatable bonds is 7. The van der Waals surface area contributed by atoms with Crippen molar-refractivity contribution in [2.75, 3.05) is 4.90 Å². The van der Waals surface area contributed by atoms with Gasteiger partial charge in [-0.1, -0.05) is 188 Å². The number of aromatic nitrogens is 1. The molecule has 0 spiro atoms. The highest BCUT2D eigenvalue weighted by Gasteiger charge is 2.22. The van der Waals surface area contributed by atoms with E-state index in [1.807, 2.05) is 0 Å². The molecule has 1 heterocycles. The van der Waals surface area contributed by atoms with Crippen LogP contribution in [-0.2, 0) is 0 Å². The molecule has 0 saturated heterocycles. The minimum absolute atomic E-state index is 1.09. The third-order valence-electron chi connectivity index (χ3n) is 11.6. The number of hydrogen-bond acceptors (Lipinski definition) is 1. The van der Waals surface area contributed by atoms with Crippen LogP contribution in [0.5, 0.6) is 0 Å². The highest BCUT2D eigenvalue weighted by molar-refractivity contribution is 6.12. The largest absolute Gasteiger partial charge is 0.309 e. The first kappa shape index (κ1) is 33.6. The lowest BCUT2D eigenvalue weighted by molar-refractivity contribution is 1.18. The highest BCUT2D eigenvalue weighted by Crippen LogP contribution is 2.46. The Labute approximate surface area is 338 Å². The van der Waals surface area contributed by atoms with Gasteiger partial charge in [0.25, 0.3) is 0 Å². The molecule has 1 aromatic heterocycles. The Morgan fingerprint density at radius 2 is 0.828 bits per heavy atom. The second-order valence-corrected chi connectivity index (χ2v) is 14.9. The lowest BCUT2D eigenvalue weighted by Crippen LogP contribution is -2.12. The van der Waals surface area contributed by atoms with E-state index < -0.39 is 0 Å². The van der Waals surface area contributed by atoms with Crippen LogP contribution in [0.2, 0.25) is 0 Å². The Balaban J connectivity index is 1.18. The molecule has 0 aliphatic heterocycles. The van der Waals surface area contributed by atoms with E-state index in [-0.39, 0.29) is 0 Å². The third kappa shape index (κ3) is 5.74. The second-order valence-electron chi connectivity index (χ2n) is 14.9. The average molecular weight is 739 g/mol. The molecule has 2 nitrogen and oxygen atoms in total. The smallest absolute Gasteiger partial charge is 0.0562 e. The summed E-state index contributed by atoms with van der Waals surface area (Å²) in [7, 11) is 0. The number of hydrogen-bond donors (Lipinski definition) is 0. The molecule has 10 aromatic carbocycles. The van der Waals surface area contributed by atoms with Crippen molar-refractivity contribution in [2.24, 2.45) is 0 Å². The summed E-state index contributed by atoms with van der Waals surface area (Å²) in [5.41, 5.74) is 14.0. The van der Waals surface area contributed by atoms with Crippen LogP contribution in [0.1, 0.15) is 0 Å². The first-order valence-corrected chi connectivity index (χ1v) is 19.9. The standard InChI is InChI=1S/C56H38N2/c1-3-16-39(17-4-1)40-30-32-43(33-31-40)48-25-11-13-27-52(48)57(53-29-15-23-41-20-9-10-24-47(41)53)46-34-35-50-49-26-12-14-28-54(49)58(56(50)38-46)55-37-45-22-8-7-21-44(45)36-51(55)42-18-5-2-6-19-42/h1-38H. The van der Waals surface area contributed by atoms with Crippen LogP contribution < -0.4 is 4.90 Å². The molecule has 58 heavy (non-hydrogen) atoms. The number of para-hydroxylation sites is 2. The fourth-order valence-corrected chi connectivity index (χ4v) is 8.82. The molecule has 0 unspecified atom stereocenters. The van der Waals surface area contributed by atoms with Gasteiger partial charge in [-0.15, -0.1) is 0 Å². The minimum Gasteiger partial charge on any atom is -0.309 e. The van der Waals surface area contributed by atoms with Crippen molar-refractivity contribution in [1.29, 1.82) is 0 Å². The SMILES string of the molecule is c1ccc(-c2ccc(-c3ccccc3N(c3ccc4c5ccccc5n(-c5cc6ccccc6cc5-c5ccccc5)c4c3)c3cccc4ccccc34)cc2)cc1. The summed E-state index contributed by atoms with van der Waals surface area (Å²) in [6.45, 7) is 0. The van der Waals surface area contributed by atoms with Gasteiger partial charge in [0.2, 0.25) is 0 Å². The van der Waals surface area contributed by atoms with E-state index in [9.17, 15) is 0 Å². The second kappa shape index (κ2) is 14.1. The van der Waals surface area contributed by atoms with Gasteiger partial charge < -0.3 is 9.47 Å². The molecular weight excluding hydrogens is 701 g/mol. The summed E-state index contributed by atoms with van der Waals surface area (Å²) in [6.07, 6.45) is 0. The highest BCUT2D eigenvalue weighted by atomic mass is 15.1. The molecule has 0 aliphatic rings. The molecule has 0 aliphatic carbocycles.